The van der Waals surface area contributed by atoms with Gasteiger partial charge in [-0.25, -0.2) is 4.98 Å². The van der Waals surface area contributed by atoms with Crippen LogP contribution in [0.5, 0.6) is 0 Å². The molecule has 5 heteroatoms. The van der Waals surface area contributed by atoms with Crippen LogP contribution in [0.1, 0.15) is 51.4 Å². The monoisotopic (exact) mass is 306 g/mol. The molecule has 0 fully saturated rings. The summed E-state index contributed by atoms with van der Waals surface area (Å²) in [7, 11) is 0. The summed E-state index contributed by atoms with van der Waals surface area (Å²) in [4.78, 5) is 21.3. The molecule has 1 aliphatic heterocycles. The van der Waals surface area contributed by atoms with Crippen LogP contribution in [0.2, 0.25) is 0 Å². The lowest BCUT2D eigenvalue weighted by atomic mass is 9.97. The fourth-order valence-corrected chi connectivity index (χ4v) is 4.54. The van der Waals surface area contributed by atoms with Crippen LogP contribution in [0.15, 0.2) is 17.6 Å². The quantitative estimate of drug-likeness (QED) is 0.861. The maximum Gasteiger partial charge on any atom is 0.266 e. The van der Waals surface area contributed by atoms with Gasteiger partial charge in [-0.05, 0) is 36.3 Å². The number of rotatable bonds is 3. The van der Waals surface area contributed by atoms with Gasteiger partial charge in [0.05, 0.1) is 17.2 Å². The second-order valence-electron chi connectivity index (χ2n) is 4.94. The SMILES string of the molecule is CCc1ncc(C(=O)N2CCc3sccc3[C@@H]2CC)s1. The molecule has 0 unspecified atom stereocenters. The van der Waals surface area contributed by atoms with E-state index in [1.807, 2.05) is 16.2 Å². The lowest BCUT2D eigenvalue weighted by Gasteiger charge is -2.35. The Kier molecular flexibility index (Phi) is 3.89. The molecule has 3 rings (SSSR count). The molecular formula is C15H18N2OS2. The van der Waals surface area contributed by atoms with Gasteiger partial charge < -0.3 is 4.90 Å². The number of thiazole rings is 1. The predicted octanol–water partition coefficient (Wildman–Crippen LogP) is 3.92. The van der Waals surface area contributed by atoms with Gasteiger partial charge in [-0.15, -0.1) is 22.7 Å². The van der Waals surface area contributed by atoms with Gasteiger partial charge in [0.15, 0.2) is 0 Å². The number of aromatic nitrogens is 1. The summed E-state index contributed by atoms with van der Waals surface area (Å²) in [5.74, 6) is 0.144. The summed E-state index contributed by atoms with van der Waals surface area (Å²) in [6.45, 7) is 5.05. The Labute approximate surface area is 127 Å². The Morgan fingerprint density at radius 1 is 1.50 bits per heavy atom. The van der Waals surface area contributed by atoms with Gasteiger partial charge in [-0.1, -0.05) is 13.8 Å². The van der Waals surface area contributed by atoms with E-state index in [9.17, 15) is 4.79 Å². The van der Waals surface area contributed by atoms with Crippen molar-refractivity contribution >= 4 is 28.6 Å². The maximum atomic E-state index is 12.7. The summed E-state index contributed by atoms with van der Waals surface area (Å²) in [5.41, 5.74) is 1.34. The van der Waals surface area contributed by atoms with Crippen molar-refractivity contribution < 1.29 is 4.79 Å². The summed E-state index contributed by atoms with van der Waals surface area (Å²) in [6.07, 6.45) is 4.58. The summed E-state index contributed by atoms with van der Waals surface area (Å²) < 4.78 is 0. The minimum atomic E-state index is 0.144. The molecule has 0 radical (unpaired) electrons. The average Bonchev–Trinajstić information content (AvgIpc) is 3.13. The number of hydrogen-bond acceptors (Lipinski definition) is 4. The molecule has 3 nitrogen and oxygen atoms in total. The highest BCUT2D eigenvalue weighted by molar-refractivity contribution is 7.13. The lowest BCUT2D eigenvalue weighted by Crippen LogP contribution is -2.39. The first-order valence-electron chi connectivity index (χ1n) is 7.06. The highest BCUT2D eigenvalue weighted by Gasteiger charge is 2.31. The Morgan fingerprint density at radius 2 is 2.35 bits per heavy atom. The Bertz CT molecular complexity index is 617. The second kappa shape index (κ2) is 5.66. The van der Waals surface area contributed by atoms with Crippen molar-refractivity contribution in [3.05, 3.63) is 38.0 Å². The van der Waals surface area contributed by atoms with Crippen LogP contribution in [0, 0.1) is 0 Å². The molecule has 0 aliphatic carbocycles. The predicted molar refractivity (Wildman–Crippen MR) is 83.6 cm³/mol. The maximum absolute atomic E-state index is 12.7. The molecule has 0 aromatic carbocycles. The molecule has 1 amide bonds. The summed E-state index contributed by atoms with van der Waals surface area (Å²) >= 11 is 3.34. The highest BCUT2D eigenvalue weighted by atomic mass is 32.1. The van der Waals surface area contributed by atoms with Crippen LogP contribution in [-0.4, -0.2) is 22.3 Å². The van der Waals surface area contributed by atoms with E-state index in [4.69, 9.17) is 0 Å². The van der Waals surface area contributed by atoms with Crippen molar-refractivity contribution in [2.45, 2.75) is 39.2 Å². The van der Waals surface area contributed by atoms with Crippen molar-refractivity contribution in [3.63, 3.8) is 0 Å². The number of carbonyl (C=O) groups is 1. The molecule has 3 heterocycles. The van der Waals surface area contributed by atoms with Gasteiger partial charge in [0.1, 0.15) is 4.88 Å². The number of nitrogens with zero attached hydrogens (tertiary/aromatic N) is 2. The zero-order valence-corrected chi connectivity index (χ0v) is 13.4. The van der Waals surface area contributed by atoms with Crippen LogP contribution >= 0.6 is 22.7 Å². The standard InChI is InChI=1S/C15H18N2OS2/c1-3-11-10-6-8-19-12(10)5-7-17(11)15(18)13-9-16-14(4-2)20-13/h6,8-9,11H,3-5,7H2,1-2H3/t11-/m0/s1. The fraction of sp³-hybridized carbons (Fsp3) is 0.467. The number of amides is 1. The van der Waals surface area contributed by atoms with E-state index >= 15 is 0 Å². The van der Waals surface area contributed by atoms with E-state index in [0.717, 1.165) is 35.7 Å². The summed E-state index contributed by atoms with van der Waals surface area (Å²) in [5, 5.41) is 3.18. The molecule has 0 spiro atoms. The van der Waals surface area contributed by atoms with Gasteiger partial charge in [0.2, 0.25) is 0 Å². The van der Waals surface area contributed by atoms with E-state index in [0.29, 0.717) is 0 Å². The molecule has 1 aliphatic rings. The van der Waals surface area contributed by atoms with E-state index < -0.39 is 0 Å². The minimum absolute atomic E-state index is 0.144. The lowest BCUT2D eigenvalue weighted by molar-refractivity contribution is 0.0662. The van der Waals surface area contributed by atoms with E-state index in [1.54, 1.807) is 6.20 Å². The molecule has 2 aromatic heterocycles. The number of hydrogen-bond donors (Lipinski definition) is 0. The Hall–Kier alpha value is -1.20. The first kappa shape index (κ1) is 13.8. The molecule has 2 aromatic rings. The van der Waals surface area contributed by atoms with Gasteiger partial charge in [-0.3, -0.25) is 4.79 Å². The number of carbonyl (C=O) groups excluding carboxylic acids is 1. The fourth-order valence-electron chi connectivity index (χ4n) is 2.79. The van der Waals surface area contributed by atoms with E-state index in [2.05, 4.69) is 30.3 Å². The third-order valence-electron chi connectivity index (χ3n) is 3.81. The van der Waals surface area contributed by atoms with E-state index in [-0.39, 0.29) is 11.9 Å². The van der Waals surface area contributed by atoms with Gasteiger partial charge in [-0.2, -0.15) is 0 Å². The largest absolute Gasteiger partial charge is 0.330 e. The topological polar surface area (TPSA) is 33.2 Å². The molecule has 20 heavy (non-hydrogen) atoms. The van der Waals surface area contributed by atoms with Crippen LogP contribution in [0.25, 0.3) is 0 Å². The first-order chi connectivity index (χ1) is 9.74. The third kappa shape index (κ3) is 2.29. The molecular weight excluding hydrogens is 288 g/mol. The Balaban J connectivity index is 1.88. The Morgan fingerprint density at radius 3 is 3.05 bits per heavy atom. The van der Waals surface area contributed by atoms with Crippen molar-refractivity contribution in [2.75, 3.05) is 6.54 Å². The van der Waals surface area contributed by atoms with Crippen LogP contribution in [0.3, 0.4) is 0 Å². The van der Waals surface area contributed by atoms with Gasteiger partial charge >= 0.3 is 0 Å². The number of aryl methyl sites for hydroxylation is 1. The zero-order chi connectivity index (χ0) is 14.1. The zero-order valence-electron chi connectivity index (χ0n) is 11.8. The van der Waals surface area contributed by atoms with Crippen LogP contribution in [0.4, 0.5) is 0 Å². The first-order valence-corrected chi connectivity index (χ1v) is 8.76. The van der Waals surface area contributed by atoms with E-state index in [1.165, 1.54) is 21.8 Å². The van der Waals surface area contributed by atoms with Crippen molar-refractivity contribution in [1.29, 1.82) is 0 Å². The van der Waals surface area contributed by atoms with Crippen LogP contribution < -0.4 is 0 Å². The smallest absolute Gasteiger partial charge is 0.266 e. The van der Waals surface area contributed by atoms with Crippen molar-refractivity contribution in [2.24, 2.45) is 0 Å². The summed E-state index contributed by atoms with van der Waals surface area (Å²) in [6, 6.07) is 2.40. The van der Waals surface area contributed by atoms with Crippen molar-refractivity contribution in [3.8, 4) is 0 Å². The van der Waals surface area contributed by atoms with Crippen molar-refractivity contribution in [1.82, 2.24) is 9.88 Å². The highest BCUT2D eigenvalue weighted by Crippen LogP contribution is 2.36. The molecule has 0 bridgehead atoms. The second-order valence-corrected chi connectivity index (χ2v) is 7.06. The van der Waals surface area contributed by atoms with Gasteiger partial charge in [0, 0.05) is 11.4 Å². The molecule has 0 saturated carbocycles. The third-order valence-corrected chi connectivity index (χ3v) is 5.94. The minimum Gasteiger partial charge on any atom is -0.330 e. The normalized spacial score (nSPS) is 18.1. The number of thiophene rings is 1. The van der Waals surface area contributed by atoms with Crippen LogP contribution in [-0.2, 0) is 12.8 Å². The molecule has 106 valence electrons. The number of fused-ring (bicyclic) bond motifs is 1. The average molecular weight is 306 g/mol. The molecule has 1 atom stereocenters. The molecule has 0 N–H and O–H groups in total. The molecule has 0 saturated heterocycles. The van der Waals surface area contributed by atoms with Gasteiger partial charge in [0.25, 0.3) is 5.91 Å².